The van der Waals surface area contributed by atoms with Gasteiger partial charge in [-0.25, -0.2) is 4.79 Å². The maximum atomic E-state index is 11.8. The van der Waals surface area contributed by atoms with E-state index >= 15 is 0 Å². The lowest BCUT2D eigenvalue weighted by molar-refractivity contribution is -0.124. The number of ether oxygens (including phenoxy) is 1. The number of nitrogens with one attached hydrogen (secondary N) is 1. The van der Waals surface area contributed by atoms with E-state index in [9.17, 15) is 9.59 Å². The van der Waals surface area contributed by atoms with E-state index in [0.717, 1.165) is 3.57 Å². The molecule has 19 heavy (non-hydrogen) atoms. The Labute approximate surface area is 126 Å². The number of carbonyl (C=O) groups excluding carboxylic acids is 2. The minimum atomic E-state index is -0.459. The molecule has 0 bridgehead atoms. The highest BCUT2D eigenvalue weighted by atomic mass is 127. The summed E-state index contributed by atoms with van der Waals surface area (Å²) in [5.74, 6) is -0.104. The highest BCUT2D eigenvalue weighted by Gasteiger charge is 2.29. The van der Waals surface area contributed by atoms with Crippen molar-refractivity contribution in [2.75, 3.05) is 6.61 Å². The SMILES string of the molecule is C[C@@H](NC(=O)COC(=O)c1ccccc1I)C1CC1. The second-order valence-corrected chi connectivity index (χ2v) is 5.91. The topological polar surface area (TPSA) is 55.4 Å². The monoisotopic (exact) mass is 373 g/mol. The quantitative estimate of drug-likeness (QED) is 0.637. The first-order valence-corrected chi connectivity index (χ1v) is 7.37. The van der Waals surface area contributed by atoms with Crippen LogP contribution in [0.1, 0.15) is 30.1 Å². The molecule has 1 N–H and O–H groups in total. The van der Waals surface area contributed by atoms with Crippen molar-refractivity contribution in [1.82, 2.24) is 5.32 Å². The van der Waals surface area contributed by atoms with Gasteiger partial charge < -0.3 is 10.1 Å². The predicted molar refractivity (Wildman–Crippen MR) is 79.8 cm³/mol. The van der Waals surface area contributed by atoms with Gasteiger partial charge in [-0.2, -0.15) is 0 Å². The first-order valence-electron chi connectivity index (χ1n) is 6.29. The highest BCUT2D eigenvalue weighted by molar-refractivity contribution is 14.1. The lowest BCUT2D eigenvalue weighted by Crippen LogP contribution is -2.37. The van der Waals surface area contributed by atoms with Crippen LogP contribution in [0.4, 0.5) is 0 Å². The average molecular weight is 373 g/mol. The van der Waals surface area contributed by atoms with Gasteiger partial charge in [0.2, 0.25) is 0 Å². The van der Waals surface area contributed by atoms with Crippen molar-refractivity contribution in [3.8, 4) is 0 Å². The third-order valence-electron chi connectivity index (χ3n) is 3.15. The van der Waals surface area contributed by atoms with Crippen LogP contribution in [0, 0.1) is 9.49 Å². The molecule has 0 saturated heterocycles. The number of hydrogen-bond acceptors (Lipinski definition) is 3. The van der Waals surface area contributed by atoms with Crippen molar-refractivity contribution in [2.24, 2.45) is 5.92 Å². The van der Waals surface area contributed by atoms with Gasteiger partial charge in [-0.15, -0.1) is 0 Å². The summed E-state index contributed by atoms with van der Waals surface area (Å²) in [5.41, 5.74) is 0.492. The van der Waals surface area contributed by atoms with Crippen molar-refractivity contribution in [3.63, 3.8) is 0 Å². The van der Waals surface area contributed by atoms with Gasteiger partial charge in [-0.05, 0) is 60.4 Å². The standard InChI is InChI=1S/C14H16INO3/c1-9(10-6-7-10)16-13(17)8-19-14(18)11-4-2-3-5-12(11)15/h2-5,9-10H,6-8H2,1H3,(H,16,17)/t9-/m1/s1. The summed E-state index contributed by atoms with van der Waals surface area (Å²) >= 11 is 2.07. The van der Waals surface area contributed by atoms with Gasteiger partial charge in [0.15, 0.2) is 6.61 Å². The van der Waals surface area contributed by atoms with E-state index in [1.165, 1.54) is 12.8 Å². The molecular weight excluding hydrogens is 357 g/mol. The van der Waals surface area contributed by atoms with E-state index in [-0.39, 0.29) is 18.6 Å². The fourth-order valence-corrected chi connectivity index (χ4v) is 2.45. The van der Waals surface area contributed by atoms with Crippen LogP contribution in [-0.4, -0.2) is 24.5 Å². The van der Waals surface area contributed by atoms with Crippen molar-refractivity contribution < 1.29 is 14.3 Å². The lowest BCUT2D eigenvalue weighted by atomic mass is 10.2. The summed E-state index contributed by atoms with van der Waals surface area (Å²) in [7, 11) is 0. The number of halogens is 1. The van der Waals surface area contributed by atoms with Crippen LogP contribution >= 0.6 is 22.6 Å². The smallest absolute Gasteiger partial charge is 0.339 e. The van der Waals surface area contributed by atoms with E-state index in [1.54, 1.807) is 12.1 Å². The Morgan fingerprint density at radius 1 is 1.42 bits per heavy atom. The summed E-state index contributed by atoms with van der Waals surface area (Å²) in [6.45, 7) is 1.76. The van der Waals surface area contributed by atoms with E-state index in [4.69, 9.17) is 4.74 Å². The van der Waals surface area contributed by atoms with E-state index in [0.29, 0.717) is 11.5 Å². The molecule has 0 radical (unpaired) electrons. The third-order valence-corrected chi connectivity index (χ3v) is 4.09. The summed E-state index contributed by atoms with van der Waals surface area (Å²) in [6.07, 6.45) is 2.34. The average Bonchev–Trinajstić information content (AvgIpc) is 3.20. The zero-order valence-electron chi connectivity index (χ0n) is 10.7. The molecule has 4 nitrogen and oxygen atoms in total. The first-order chi connectivity index (χ1) is 9.08. The number of hydrogen-bond donors (Lipinski definition) is 1. The number of benzene rings is 1. The Morgan fingerprint density at radius 3 is 2.74 bits per heavy atom. The molecule has 1 amide bonds. The largest absolute Gasteiger partial charge is 0.452 e. The van der Waals surface area contributed by atoms with Crippen LogP contribution in [0.15, 0.2) is 24.3 Å². The van der Waals surface area contributed by atoms with Gasteiger partial charge in [0, 0.05) is 9.61 Å². The molecule has 0 heterocycles. The third kappa shape index (κ3) is 4.19. The van der Waals surface area contributed by atoms with Crippen molar-refractivity contribution in [2.45, 2.75) is 25.8 Å². The molecule has 1 saturated carbocycles. The first kappa shape index (κ1) is 14.3. The minimum absolute atomic E-state index is 0.170. The van der Waals surface area contributed by atoms with Crippen LogP contribution in [0.25, 0.3) is 0 Å². The molecule has 1 aromatic carbocycles. The van der Waals surface area contributed by atoms with Gasteiger partial charge in [0.05, 0.1) is 5.56 Å². The maximum Gasteiger partial charge on any atom is 0.339 e. The molecule has 1 aromatic rings. The van der Waals surface area contributed by atoms with Gasteiger partial charge in [-0.1, -0.05) is 12.1 Å². The minimum Gasteiger partial charge on any atom is -0.452 e. The van der Waals surface area contributed by atoms with E-state index in [2.05, 4.69) is 27.9 Å². The van der Waals surface area contributed by atoms with E-state index in [1.807, 2.05) is 19.1 Å². The molecule has 0 unspecified atom stereocenters. The molecule has 1 atom stereocenters. The molecular formula is C14H16INO3. The van der Waals surface area contributed by atoms with Crippen molar-refractivity contribution in [1.29, 1.82) is 0 Å². The number of carbonyl (C=O) groups is 2. The normalized spacial score (nSPS) is 15.7. The second-order valence-electron chi connectivity index (χ2n) is 4.75. The molecule has 2 rings (SSSR count). The van der Waals surface area contributed by atoms with Crippen LogP contribution in [-0.2, 0) is 9.53 Å². The fourth-order valence-electron chi connectivity index (χ4n) is 1.85. The van der Waals surface area contributed by atoms with Gasteiger partial charge in [0.25, 0.3) is 5.91 Å². The number of esters is 1. The van der Waals surface area contributed by atoms with Crippen LogP contribution in [0.2, 0.25) is 0 Å². The van der Waals surface area contributed by atoms with E-state index < -0.39 is 5.97 Å². The molecule has 1 aliphatic rings. The van der Waals surface area contributed by atoms with Crippen molar-refractivity contribution in [3.05, 3.63) is 33.4 Å². The molecule has 5 heteroatoms. The molecule has 0 aromatic heterocycles. The fraction of sp³-hybridized carbons (Fsp3) is 0.429. The summed E-state index contributed by atoms with van der Waals surface area (Å²) in [4.78, 5) is 23.4. The summed E-state index contributed by atoms with van der Waals surface area (Å²) in [5, 5.41) is 2.85. The lowest BCUT2D eigenvalue weighted by Gasteiger charge is -2.12. The number of amides is 1. The predicted octanol–water partition coefficient (Wildman–Crippen LogP) is 2.36. The Morgan fingerprint density at radius 2 is 2.11 bits per heavy atom. The summed E-state index contributed by atoms with van der Waals surface area (Å²) in [6, 6.07) is 7.31. The van der Waals surface area contributed by atoms with Crippen molar-refractivity contribution >= 4 is 34.5 Å². The van der Waals surface area contributed by atoms with Crippen LogP contribution in [0.3, 0.4) is 0 Å². The molecule has 0 aliphatic heterocycles. The maximum absolute atomic E-state index is 11.8. The Hall–Kier alpha value is -1.11. The van der Waals surface area contributed by atoms with Crippen LogP contribution < -0.4 is 5.32 Å². The molecule has 1 fully saturated rings. The highest BCUT2D eigenvalue weighted by Crippen LogP contribution is 2.32. The van der Waals surface area contributed by atoms with Gasteiger partial charge in [-0.3, -0.25) is 4.79 Å². The van der Waals surface area contributed by atoms with Gasteiger partial charge in [0.1, 0.15) is 0 Å². The Kier molecular flexibility index (Phi) is 4.79. The zero-order valence-corrected chi connectivity index (χ0v) is 12.8. The molecule has 0 spiro atoms. The van der Waals surface area contributed by atoms with Crippen LogP contribution in [0.5, 0.6) is 0 Å². The number of rotatable bonds is 5. The summed E-state index contributed by atoms with van der Waals surface area (Å²) < 4.78 is 5.83. The Balaban J connectivity index is 1.80. The zero-order chi connectivity index (χ0) is 13.8. The molecule has 1 aliphatic carbocycles. The van der Waals surface area contributed by atoms with Gasteiger partial charge >= 0.3 is 5.97 Å². The Bertz CT molecular complexity index is 485. The molecule has 102 valence electrons. The second kappa shape index (κ2) is 6.36.